The van der Waals surface area contributed by atoms with E-state index in [1.54, 1.807) is 24.7 Å². The third-order valence-corrected chi connectivity index (χ3v) is 1.39. The summed E-state index contributed by atoms with van der Waals surface area (Å²) in [5, 5.41) is 2.99. The maximum atomic E-state index is 4.15. The first-order valence-corrected chi connectivity index (χ1v) is 3.65. The van der Waals surface area contributed by atoms with Gasteiger partial charge in [-0.1, -0.05) is 12.7 Å². The maximum absolute atomic E-state index is 4.15. The summed E-state index contributed by atoms with van der Waals surface area (Å²) in [7, 11) is 1.84. The number of aromatic nitrogens is 1. The SMILES string of the molecule is C=C/C=N\c1ccncc1NC. The molecule has 3 nitrogen and oxygen atoms in total. The minimum absolute atomic E-state index is 0.868. The third kappa shape index (κ3) is 1.92. The number of pyridine rings is 1. The second-order valence-corrected chi connectivity index (χ2v) is 2.16. The van der Waals surface area contributed by atoms with E-state index in [9.17, 15) is 0 Å². The maximum Gasteiger partial charge on any atom is 0.0892 e. The van der Waals surface area contributed by atoms with Crippen LogP contribution < -0.4 is 5.32 Å². The minimum atomic E-state index is 0.868. The van der Waals surface area contributed by atoms with Crippen molar-refractivity contribution in [2.24, 2.45) is 4.99 Å². The Hall–Kier alpha value is -1.64. The minimum Gasteiger partial charge on any atom is -0.385 e. The Labute approximate surface area is 71.9 Å². The number of nitrogens with zero attached hydrogens (tertiary/aromatic N) is 2. The van der Waals surface area contributed by atoms with E-state index >= 15 is 0 Å². The summed E-state index contributed by atoms with van der Waals surface area (Å²) in [6, 6.07) is 1.84. The molecule has 0 atom stereocenters. The summed E-state index contributed by atoms with van der Waals surface area (Å²) >= 11 is 0. The summed E-state index contributed by atoms with van der Waals surface area (Å²) in [5.41, 5.74) is 1.78. The molecule has 0 aromatic carbocycles. The smallest absolute Gasteiger partial charge is 0.0892 e. The molecule has 0 bridgehead atoms. The van der Waals surface area contributed by atoms with Crippen LogP contribution in [0.15, 0.2) is 36.1 Å². The molecule has 0 radical (unpaired) electrons. The van der Waals surface area contributed by atoms with Gasteiger partial charge in [0.05, 0.1) is 17.6 Å². The Morgan fingerprint density at radius 2 is 2.50 bits per heavy atom. The van der Waals surface area contributed by atoms with E-state index in [0.29, 0.717) is 0 Å². The van der Waals surface area contributed by atoms with E-state index in [2.05, 4.69) is 21.9 Å². The summed E-state index contributed by atoms with van der Waals surface area (Å²) in [6.07, 6.45) is 6.72. The fourth-order valence-corrected chi connectivity index (χ4v) is 0.825. The van der Waals surface area contributed by atoms with Crippen molar-refractivity contribution in [3.8, 4) is 0 Å². The zero-order valence-corrected chi connectivity index (χ0v) is 6.99. The first-order chi connectivity index (χ1) is 5.88. The lowest BCUT2D eigenvalue weighted by Gasteiger charge is -2.01. The summed E-state index contributed by atoms with van der Waals surface area (Å²) < 4.78 is 0. The topological polar surface area (TPSA) is 37.3 Å². The molecule has 62 valence electrons. The second kappa shape index (κ2) is 4.28. The molecule has 0 saturated heterocycles. The predicted octanol–water partition coefficient (Wildman–Crippen LogP) is 2.01. The molecule has 0 unspecified atom stereocenters. The molecule has 1 aromatic rings. The number of rotatable bonds is 3. The zero-order chi connectivity index (χ0) is 8.81. The standard InChI is InChI=1S/C9H11N3/c1-3-5-12-8-4-6-11-7-9(8)10-2/h3-7,10H,1H2,2H3/b12-5-. The Balaban J connectivity index is 2.96. The van der Waals surface area contributed by atoms with Gasteiger partial charge in [-0.15, -0.1) is 0 Å². The van der Waals surface area contributed by atoms with Gasteiger partial charge in [-0.05, 0) is 6.07 Å². The Bertz CT molecular complexity index is 292. The van der Waals surface area contributed by atoms with Crippen molar-refractivity contribution in [3.63, 3.8) is 0 Å². The quantitative estimate of drug-likeness (QED) is 0.688. The van der Waals surface area contributed by atoms with Crippen molar-refractivity contribution in [1.29, 1.82) is 0 Å². The van der Waals surface area contributed by atoms with Gasteiger partial charge in [0.2, 0.25) is 0 Å². The number of hydrogen-bond acceptors (Lipinski definition) is 3. The molecule has 0 amide bonds. The highest BCUT2D eigenvalue weighted by Crippen LogP contribution is 2.21. The van der Waals surface area contributed by atoms with Crippen molar-refractivity contribution in [1.82, 2.24) is 4.98 Å². The largest absolute Gasteiger partial charge is 0.385 e. The lowest BCUT2D eigenvalue weighted by atomic mass is 10.3. The molecular weight excluding hydrogens is 150 g/mol. The Morgan fingerprint density at radius 3 is 3.17 bits per heavy atom. The van der Waals surface area contributed by atoms with Crippen LogP contribution in [0.2, 0.25) is 0 Å². The highest BCUT2D eigenvalue weighted by molar-refractivity contribution is 5.77. The van der Waals surface area contributed by atoms with E-state index in [-0.39, 0.29) is 0 Å². The molecule has 1 N–H and O–H groups in total. The van der Waals surface area contributed by atoms with E-state index in [4.69, 9.17) is 0 Å². The second-order valence-electron chi connectivity index (χ2n) is 2.16. The fraction of sp³-hybridized carbons (Fsp3) is 0.111. The molecule has 12 heavy (non-hydrogen) atoms. The number of aliphatic imine (C=N–C) groups is 1. The van der Waals surface area contributed by atoms with Gasteiger partial charge in [0, 0.05) is 19.5 Å². The molecule has 0 spiro atoms. The van der Waals surface area contributed by atoms with E-state index in [0.717, 1.165) is 11.4 Å². The van der Waals surface area contributed by atoms with Crippen LogP contribution in [-0.2, 0) is 0 Å². The summed E-state index contributed by atoms with van der Waals surface area (Å²) in [5.74, 6) is 0. The lowest BCUT2D eigenvalue weighted by Crippen LogP contribution is -1.88. The van der Waals surface area contributed by atoms with Crippen LogP contribution in [0, 0.1) is 0 Å². The normalized spacial score (nSPS) is 10.1. The van der Waals surface area contributed by atoms with E-state index in [1.165, 1.54) is 0 Å². The van der Waals surface area contributed by atoms with Crippen molar-refractivity contribution in [2.45, 2.75) is 0 Å². The van der Waals surface area contributed by atoms with Crippen LogP contribution >= 0.6 is 0 Å². The van der Waals surface area contributed by atoms with Gasteiger partial charge in [-0.2, -0.15) is 0 Å². The van der Waals surface area contributed by atoms with Crippen LogP contribution in [0.5, 0.6) is 0 Å². The van der Waals surface area contributed by atoms with Gasteiger partial charge in [0.25, 0.3) is 0 Å². The summed E-state index contributed by atoms with van der Waals surface area (Å²) in [4.78, 5) is 8.11. The van der Waals surface area contributed by atoms with Crippen molar-refractivity contribution in [2.75, 3.05) is 12.4 Å². The zero-order valence-electron chi connectivity index (χ0n) is 6.99. The first kappa shape index (κ1) is 8.46. The van der Waals surface area contributed by atoms with Crippen LogP contribution in [0.25, 0.3) is 0 Å². The fourth-order valence-electron chi connectivity index (χ4n) is 0.825. The monoisotopic (exact) mass is 161 g/mol. The number of nitrogens with one attached hydrogen (secondary N) is 1. The highest BCUT2D eigenvalue weighted by Gasteiger charge is 1.94. The van der Waals surface area contributed by atoms with Crippen LogP contribution in [0.3, 0.4) is 0 Å². The molecule has 0 fully saturated rings. The molecular formula is C9H11N3. The molecule has 1 aromatic heterocycles. The molecule has 1 rings (SSSR count). The van der Waals surface area contributed by atoms with Crippen LogP contribution in [-0.4, -0.2) is 18.2 Å². The van der Waals surface area contributed by atoms with Crippen molar-refractivity contribution >= 4 is 17.6 Å². The van der Waals surface area contributed by atoms with E-state index < -0.39 is 0 Å². The molecule has 0 aliphatic heterocycles. The van der Waals surface area contributed by atoms with Gasteiger partial charge >= 0.3 is 0 Å². The number of allylic oxidation sites excluding steroid dienone is 1. The Kier molecular flexibility index (Phi) is 3.02. The van der Waals surface area contributed by atoms with Gasteiger partial charge in [0.1, 0.15) is 0 Å². The number of hydrogen-bond donors (Lipinski definition) is 1. The first-order valence-electron chi connectivity index (χ1n) is 3.65. The average molecular weight is 161 g/mol. The average Bonchev–Trinajstić information content (AvgIpc) is 2.15. The molecule has 0 aliphatic rings. The highest BCUT2D eigenvalue weighted by atomic mass is 14.9. The van der Waals surface area contributed by atoms with Crippen LogP contribution in [0.1, 0.15) is 0 Å². The van der Waals surface area contributed by atoms with Crippen molar-refractivity contribution in [3.05, 3.63) is 31.1 Å². The molecule has 3 heteroatoms. The Morgan fingerprint density at radius 1 is 1.67 bits per heavy atom. The lowest BCUT2D eigenvalue weighted by molar-refractivity contribution is 1.30. The number of anilines is 1. The molecule has 0 aliphatic carbocycles. The van der Waals surface area contributed by atoms with Gasteiger partial charge in [-0.25, -0.2) is 0 Å². The summed E-state index contributed by atoms with van der Waals surface area (Å²) in [6.45, 7) is 3.55. The van der Waals surface area contributed by atoms with Gasteiger partial charge < -0.3 is 5.32 Å². The van der Waals surface area contributed by atoms with Crippen molar-refractivity contribution < 1.29 is 0 Å². The molecule has 0 saturated carbocycles. The van der Waals surface area contributed by atoms with Crippen LogP contribution in [0.4, 0.5) is 11.4 Å². The molecule has 1 heterocycles. The van der Waals surface area contributed by atoms with E-state index in [1.807, 2.05) is 13.1 Å². The predicted molar refractivity (Wildman–Crippen MR) is 52.1 cm³/mol. The van der Waals surface area contributed by atoms with Gasteiger partial charge in [0.15, 0.2) is 0 Å². The van der Waals surface area contributed by atoms with Gasteiger partial charge in [-0.3, -0.25) is 9.98 Å². The third-order valence-electron chi connectivity index (χ3n) is 1.39.